The second kappa shape index (κ2) is 10.8. The fourth-order valence-electron chi connectivity index (χ4n) is 4.34. The quantitative estimate of drug-likeness (QED) is 0.636. The van der Waals surface area contributed by atoms with E-state index in [1.807, 2.05) is 26.8 Å². The number of fused-ring (bicyclic) bond motifs is 1. The van der Waals surface area contributed by atoms with E-state index >= 15 is 0 Å². The van der Waals surface area contributed by atoms with Gasteiger partial charge in [0.15, 0.2) is 11.5 Å². The summed E-state index contributed by atoms with van der Waals surface area (Å²) in [5, 5.41) is 6.02. The number of nitrogens with zero attached hydrogens (tertiary/aromatic N) is 1. The maximum absolute atomic E-state index is 13.2. The van der Waals surface area contributed by atoms with Crippen LogP contribution in [0.4, 0.5) is 0 Å². The van der Waals surface area contributed by atoms with Gasteiger partial charge in [-0.05, 0) is 61.9 Å². The van der Waals surface area contributed by atoms with Gasteiger partial charge >= 0.3 is 0 Å². The van der Waals surface area contributed by atoms with Crippen molar-refractivity contribution in [3.8, 4) is 11.5 Å². The summed E-state index contributed by atoms with van der Waals surface area (Å²) >= 11 is 0. The molecule has 0 spiro atoms. The molecule has 4 rings (SSSR count). The van der Waals surface area contributed by atoms with E-state index < -0.39 is 6.04 Å². The van der Waals surface area contributed by atoms with Gasteiger partial charge < -0.3 is 25.0 Å². The lowest BCUT2D eigenvalue weighted by Crippen LogP contribution is -2.55. The molecule has 2 aliphatic heterocycles. The SMILES string of the molecule is CC(C)C(C)NC(=O)C(NC(=O)c1ccccc1)C1CCN(C(=O)c2ccc3c(c2)OCO3)CC1. The second-order valence-electron chi connectivity index (χ2n) is 9.56. The summed E-state index contributed by atoms with van der Waals surface area (Å²) in [4.78, 5) is 41.0. The van der Waals surface area contributed by atoms with Crippen molar-refractivity contribution in [3.05, 3.63) is 59.7 Å². The molecule has 2 aromatic carbocycles. The minimum absolute atomic E-state index is 0.0219. The Balaban J connectivity index is 1.43. The molecule has 0 saturated carbocycles. The zero-order valence-corrected chi connectivity index (χ0v) is 20.5. The highest BCUT2D eigenvalue weighted by Gasteiger charge is 2.35. The average Bonchev–Trinajstić information content (AvgIpc) is 3.35. The highest BCUT2D eigenvalue weighted by atomic mass is 16.7. The van der Waals surface area contributed by atoms with Gasteiger partial charge in [0.2, 0.25) is 12.7 Å². The summed E-state index contributed by atoms with van der Waals surface area (Å²) < 4.78 is 10.7. The van der Waals surface area contributed by atoms with Crippen LogP contribution in [0.3, 0.4) is 0 Å². The summed E-state index contributed by atoms with van der Waals surface area (Å²) in [5.74, 6) is 0.861. The van der Waals surface area contributed by atoms with E-state index in [9.17, 15) is 14.4 Å². The molecule has 2 atom stereocenters. The Morgan fingerprint density at radius 2 is 1.57 bits per heavy atom. The lowest BCUT2D eigenvalue weighted by molar-refractivity contribution is -0.125. The van der Waals surface area contributed by atoms with Crippen LogP contribution in [0, 0.1) is 11.8 Å². The number of amides is 3. The third-order valence-corrected chi connectivity index (χ3v) is 6.89. The number of carbonyl (C=O) groups is 3. The second-order valence-corrected chi connectivity index (χ2v) is 9.56. The highest BCUT2D eigenvalue weighted by Crippen LogP contribution is 2.33. The van der Waals surface area contributed by atoms with E-state index in [-0.39, 0.29) is 42.4 Å². The van der Waals surface area contributed by atoms with Crippen LogP contribution in [0.25, 0.3) is 0 Å². The van der Waals surface area contributed by atoms with E-state index in [0.29, 0.717) is 48.6 Å². The average molecular weight is 480 g/mol. The van der Waals surface area contributed by atoms with Crippen LogP contribution in [0.2, 0.25) is 0 Å². The van der Waals surface area contributed by atoms with E-state index in [1.54, 1.807) is 47.4 Å². The number of carbonyl (C=O) groups excluding carboxylic acids is 3. The van der Waals surface area contributed by atoms with Gasteiger partial charge in [-0.3, -0.25) is 14.4 Å². The van der Waals surface area contributed by atoms with Crippen molar-refractivity contribution < 1.29 is 23.9 Å². The first kappa shape index (κ1) is 24.6. The Morgan fingerprint density at radius 1 is 0.886 bits per heavy atom. The van der Waals surface area contributed by atoms with Gasteiger partial charge in [-0.2, -0.15) is 0 Å². The molecule has 2 aromatic rings. The van der Waals surface area contributed by atoms with Gasteiger partial charge in [-0.25, -0.2) is 0 Å². The van der Waals surface area contributed by atoms with E-state index in [1.165, 1.54) is 0 Å². The lowest BCUT2D eigenvalue weighted by atomic mass is 9.87. The Hall–Kier alpha value is -3.55. The lowest BCUT2D eigenvalue weighted by Gasteiger charge is -2.36. The molecular weight excluding hydrogens is 446 g/mol. The van der Waals surface area contributed by atoms with Crippen molar-refractivity contribution in [2.75, 3.05) is 19.9 Å². The van der Waals surface area contributed by atoms with Crippen LogP contribution in [0.5, 0.6) is 11.5 Å². The maximum atomic E-state index is 13.2. The predicted octanol–water partition coefficient (Wildman–Crippen LogP) is 3.23. The number of nitrogens with one attached hydrogen (secondary N) is 2. The number of rotatable bonds is 7. The highest BCUT2D eigenvalue weighted by molar-refractivity contribution is 5.98. The Bertz CT molecular complexity index is 1060. The number of ether oxygens (including phenoxy) is 2. The number of hydrogen-bond donors (Lipinski definition) is 2. The molecule has 0 aliphatic carbocycles. The molecule has 0 bridgehead atoms. The van der Waals surface area contributed by atoms with E-state index in [0.717, 1.165) is 0 Å². The number of hydrogen-bond acceptors (Lipinski definition) is 5. The van der Waals surface area contributed by atoms with Crippen LogP contribution in [0.1, 0.15) is 54.3 Å². The van der Waals surface area contributed by atoms with Crippen molar-refractivity contribution in [1.29, 1.82) is 0 Å². The molecule has 3 amide bonds. The van der Waals surface area contributed by atoms with Crippen LogP contribution in [0.15, 0.2) is 48.5 Å². The molecule has 0 radical (unpaired) electrons. The van der Waals surface area contributed by atoms with Crippen molar-refractivity contribution >= 4 is 17.7 Å². The van der Waals surface area contributed by atoms with Gasteiger partial charge in [-0.15, -0.1) is 0 Å². The predicted molar refractivity (Wildman–Crippen MR) is 131 cm³/mol. The molecule has 1 fully saturated rings. The topological polar surface area (TPSA) is 97.0 Å². The Kier molecular flexibility index (Phi) is 7.58. The molecule has 186 valence electrons. The van der Waals surface area contributed by atoms with Crippen LogP contribution in [-0.2, 0) is 4.79 Å². The normalized spacial score (nSPS) is 17.1. The van der Waals surface area contributed by atoms with Crippen molar-refractivity contribution in [2.24, 2.45) is 11.8 Å². The van der Waals surface area contributed by atoms with Gasteiger partial charge in [0, 0.05) is 30.3 Å². The first-order chi connectivity index (χ1) is 16.8. The molecule has 2 aliphatic rings. The van der Waals surface area contributed by atoms with Crippen LogP contribution in [-0.4, -0.2) is 54.6 Å². The fourth-order valence-corrected chi connectivity index (χ4v) is 4.34. The summed E-state index contributed by atoms with van der Waals surface area (Å²) in [6, 6.07) is 13.4. The minimum Gasteiger partial charge on any atom is -0.454 e. The smallest absolute Gasteiger partial charge is 0.253 e. The molecule has 0 aromatic heterocycles. The molecule has 2 unspecified atom stereocenters. The van der Waals surface area contributed by atoms with Crippen LogP contribution >= 0.6 is 0 Å². The van der Waals surface area contributed by atoms with Crippen LogP contribution < -0.4 is 20.1 Å². The van der Waals surface area contributed by atoms with Crippen molar-refractivity contribution in [3.63, 3.8) is 0 Å². The van der Waals surface area contributed by atoms with Gasteiger partial charge in [0.1, 0.15) is 6.04 Å². The monoisotopic (exact) mass is 479 g/mol. The van der Waals surface area contributed by atoms with E-state index in [2.05, 4.69) is 10.6 Å². The zero-order valence-electron chi connectivity index (χ0n) is 20.5. The molecule has 35 heavy (non-hydrogen) atoms. The maximum Gasteiger partial charge on any atom is 0.253 e. The molecular formula is C27H33N3O5. The number of piperidine rings is 1. The summed E-state index contributed by atoms with van der Waals surface area (Å²) in [6.07, 6.45) is 1.22. The Morgan fingerprint density at radius 3 is 2.26 bits per heavy atom. The third-order valence-electron chi connectivity index (χ3n) is 6.89. The first-order valence-electron chi connectivity index (χ1n) is 12.2. The molecule has 8 nitrogen and oxygen atoms in total. The largest absolute Gasteiger partial charge is 0.454 e. The fraction of sp³-hybridized carbons (Fsp3) is 0.444. The van der Waals surface area contributed by atoms with Crippen molar-refractivity contribution in [2.45, 2.75) is 45.7 Å². The standard InChI is InChI=1S/C27H33N3O5/c1-17(2)18(3)28-26(32)24(29-25(31)20-7-5-4-6-8-20)19-11-13-30(14-12-19)27(33)21-9-10-22-23(15-21)35-16-34-22/h4-10,15,17-19,24H,11-14,16H2,1-3H3,(H,28,32)(H,29,31). The number of likely N-dealkylation sites (tertiary alicyclic amines) is 1. The van der Waals surface area contributed by atoms with Crippen molar-refractivity contribution in [1.82, 2.24) is 15.5 Å². The number of benzene rings is 2. The van der Waals surface area contributed by atoms with Gasteiger partial charge in [0.05, 0.1) is 0 Å². The Labute approximate surface area is 206 Å². The zero-order chi connectivity index (χ0) is 24.9. The molecule has 2 N–H and O–H groups in total. The summed E-state index contributed by atoms with van der Waals surface area (Å²) in [7, 11) is 0. The van der Waals surface area contributed by atoms with E-state index in [4.69, 9.17) is 9.47 Å². The minimum atomic E-state index is -0.674. The summed E-state index contributed by atoms with van der Waals surface area (Å²) in [6.45, 7) is 7.22. The summed E-state index contributed by atoms with van der Waals surface area (Å²) in [5.41, 5.74) is 1.06. The molecule has 8 heteroatoms. The third kappa shape index (κ3) is 5.75. The molecule has 2 heterocycles. The van der Waals surface area contributed by atoms with Gasteiger partial charge in [0.25, 0.3) is 11.8 Å². The van der Waals surface area contributed by atoms with Gasteiger partial charge in [-0.1, -0.05) is 32.0 Å². The first-order valence-corrected chi connectivity index (χ1v) is 12.2. The molecule has 1 saturated heterocycles.